The third kappa shape index (κ3) is 6.74. The van der Waals surface area contributed by atoms with E-state index in [1.54, 1.807) is 62.4 Å². The van der Waals surface area contributed by atoms with Crippen LogP contribution in [-0.4, -0.2) is 55.2 Å². The molecule has 1 aliphatic heterocycles. The van der Waals surface area contributed by atoms with Crippen molar-refractivity contribution in [1.82, 2.24) is 4.90 Å². The second-order valence-corrected chi connectivity index (χ2v) is 13.1. The van der Waals surface area contributed by atoms with E-state index in [-0.39, 0.29) is 24.7 Å². The Hall–Kier alpha value is -3.00. The number of thiophene rings is 1. The van der Waals surface area contributed by atoms with Crippen molar-refractivity contribution in [2.24, 2.45) is 0 Å². The number of benzene rings is 3. The Morgan fingerprint density at radius 3 is 2.27 bits per heavy atom. The molecule has 0 bridgehead atoms. The lowest BCUT2D eigenvalue weighted by Crippen LogP contribution is -2.33. The molecule has 9 heteroatoms. The van der Waals surface area contributed by atoms with Crippen LogP contribution in [0.1, 0.15) is 49.0 Å². The van der Waals surface area contributed by atoms with Gasteiger partial charge in [0.2, 0.25) is 0 Å². The van der Waals surface area contributed by atoms with Crippen molar-refractivity contribution in [1.29, 1.82) is 0 Å². The van der Waals surface area contributed by atoms with Gasteiger partial charge in [0.1, 0.15) is 18.1 Å². The number of piperidine rings is 1. The van der Waals surface area contributed by atoms with Crippen LogP contribution in [0.4, 0.5) is 0 Å². The summed E-state index contributed by atoms with van der Waals surface area (Å²) in [6, 6.07) is 19.4. The Morgan fingerprint density at radius 1 is 0.927 bits per heavy atom. The molecule has 0 amide bonds. The fourth-order valence-electron chi connectivity index (χ4n) is 5.15. The third-order valence-electron chi connectivity index (χ3n) is 7.19. The number of hydrogen-bond acceptors (Lipinski definition) is 8. The Balaban J connectivity index is 1.46. The number of phenolic OH excluding ortho intramolecular Hbond substituents is 1. The van der Waals surface area contributed by atoms with Crippen molar-refractivity contribution in [3.8, 4) is 21.9 Å². The molecule has 4 aromatic rings. The lowest BCUT2D eigenvalue weighted by molar-refractivity contribution is 0.104. The van der Waals surface area contributed by atoms with Gasteiger partial charge in [0.25, 0.3) is 0 Å². The molecule has 5 rings (SSSR count). The van der Waals surface area contributed by atoms with E-state index in [0.717, 1.165) is 45.9 Å². The molecule has 1 aliphatic rings. The highest BCUT2D eigenvalue weighted by molar-refractivity contribution is 7.62. The maximum atomic E-state index is 14.0. The van der Waals surface area contributed by atoms with Gasteiger partial charge in [-0.1, -0.05) is 12.5 Å². The van der Waals surface area contributed by atoms with Gasteiger partial charge in [0, 0.05) is 32.6 Å². The van der Waals surface area contributed by atoms with Crippen LogP contribution in [0.25, 0.3) is 20.5 Å². The summed E-state index contributed by atoms with van der Waals surface area (Å²) in [4.78, 5) is 17.2. The molecule has 0 unspecified atom stereocenters. The molecule has 1 N–H and O–H groups in total. The van der Waals surface area contributed by atoms with Crippen LogP contribution >= 0.6 is 18.9 Å². The lowest BCUT2D eigenvalue weighted by Gasteiger charge is -2.26. The number of ketones is 1. The van der Waals surface area contributed by atoms with Gasteiger partial charge >= 0.3 is 7.60 Å². The van der Waals surface area contributed by atoms with Crippen LogP contribution in [0.3, 0.4) is 0 Å². The summed E-state index contributed by atoms with van der Waals surface area (Å²) in [6.07, 6.45) is 3.81. The molecule has 0 radical (unpaired) electrons. The molecule has 41 heavy (non-hydrogen) atoms. The molecule has 7 nitrogen and oxygen atoms in total. The van der Waals surface area contributed by atoms with Gasteiger partial charge < -0.3 is 18.9 Å². The number of nitrogens with zero attached hydrogens (tertiary/aromatic N) is 1. The molecule has 0 saturated carbocycles. The lowest BCUT2D eigenvalue weighted by atomic mass is 9.97. The predicted molar refractivity (Wildman–Crippen MR) is 165 cm³/mol. The third-order valence-corrected chi connectivity index (χ3v) is 10.5. The fourth-order valence-corrected chi connectivity index (χ4v) is 8.07. The van der Waals surface area contributed by atoms with E-state index in [4.69, 9.17) is 13.8 Å². The standard InChI is InChI=1S/C32H36NO6PS/c1-3-38-40(36,39-4-2)27-16-17-28-29(22-27)41-32(24-8-12-25(34)13-9-24)30(28)31(35)23-10-14-26(15-11-23)37-21-20-33-18-6-5-7-19-33/h8-17,22,34H,3-7,18-21H2,1-2H3. The van der Waals surface area contributed by atoms with Crippen LogP contribution < -0.4 is 10.0 Å². The number of fused-ring (bicyclic) bond motifs is 1. The van der Waals surface area contributed by atoms with Gasteiger partial charge in [-0.25, -0.2) is 0 Å². The number of hydrogen-bond donors (Lipinski definition) is 1. The van der Waals surface area contributed by atoms with Crippen molar-refractivity contribution in [3.05, 3.63) is 77.9 Å². The summed E-state index contributed by atoms with van der Waals surface area (Å²) >= 11 is 1.44. The van der Waals surface area contributed by atoms with Crippen molar-refractivity contribution in [2.45, 2.75) is 33.1 Å². The summed E-state index contributed by atoms with van der Waals surface area (Å²) in [7, 11) is -3.49. The van der Waals surface area contributed by atoms with E-state index < -0.39 is 7.60 Å². The topological polar surface area (TPSA) is 85.3 Å². The quantitative estimate of drug-likeness (QED) is 0.137. The molecule has 0 atom stereocenters. The van der Waals surface area contributed by atoms with E-state index in [1.165, 1.54) is 30.6 Å². The number of rotatable bonds is 12. The Bertz CT molecular complexity index is 1520. The molecule has 0 aliphatic carbocycles. The summed E-state index contributed by atoms with van der Waals surface area (Å²) in [5.74, 6) is 0.764. The first-order valence-electron chi connectivity index (χ1n) is 14.2. The van der Waals surface area contributed by atoms with Gasteiger partial charge in [-0.15, -0.1) is 11.3 Å². The van der Waals surface area contributed by atoms with E-state index in [9.17, 15) is 14.5 Å². The van der Waals surface area contributed by atoms with E-state index in [0.29, 0.717) is 23.0 Å². The highest BCUT2D eigenvalue weighted by atomic mass is 32.1. The molecule has 1 saturated heterocycles. The average molecular weight is 594 g/mol. The molecule has 3 aromatic carbocycles. The SMILES string of the molecule is CCOP(=O)(OCC)c1ccc2c(C(=O)c3ccc(OCCN4CCCCC4)cc3)c(-c3ccc(O)cc3)sc2c1. The number of carbonyl (C=O) groups is 1. The van der Waals surface area contributed by atoms with Crippen LogP contribution in [0.2, 0.25) is 0 Å². The monoisotopic (exact) mass is 593 g/mol. The van der Waals surface area contributed by atoms with Gasteiger partial charge in [-0.05, 0) is 106 Å². The molecule has 1 fully saturated rings. The van der Waals surface area contributed by atoms with E-state index in [2.05, 4.69) is 4.90 Å². The Morgan fingerprint density at radius 2 is 1.61 bits per heavy atom. The highest BCUT2D eigenvalue weighted by Crippen LogP contribution is 2.48. The van der Waals surface area contributed by atoms with Gasteiger partial charge in [-0.3, -0.25) is 14.3 Å². The van der Waals surface area contributed by atoms with Crippen molar-refractivity contribution < 1.29 is 28.3 Å². The minimum atomic E-state index is -3.49. The minimum Gasteiger partial charge on any atom is -0.508 e. The Labute approximate surface area is 245 Å². The maximum Gasteiger partial charge on any atom is 0.361 e. The zero-order valence-corrected chi connectivity index (χ0v) is 25.2. The molecule has 0 spiro atoms. The van der Waals surface area contributed by atoms with Crippen LogP contribution in [-0.2, 0) is 13.6 Å². The largest absolute Gasteiger partial charge is 0.508 e. The average Bonchev–Trinajstić information content (AvgIpc) is 3.37. The first-order valence-corrected chi connectivity index (χ1v) is 16.5. The van der Waals surface area contributed by atoms with Crippen molar-refractivity contribution in [2.75, 3.05) is 39.5 Å². The van der Waals surface area contributed by atoms with E-state index in [1.807, 2.05) is 18.2 Å². The maximum absolute atomic E-state index is 14.0. The van der Waals surface area contributed by atoms with Crippen molar-refractivity contribution >= 4 is 40.1 Å². The number of carbonyl (C=O) groups excluding carboxylic acids is 1. The van der Waals surface area contributed by atoms with Gasteiger partial charge in [-0.2, -0.15) is 0 Å². The second-order valence-electron chi connectivity index (χ2n) is 9.97. The summed E-state index contributed by atoms with van der Waals surface area (Å²) in [6.45, 7) is 7.83. The van der Waals surface area contributed by atoms with Gasteiger partial charge in [0.15, 0.2) is 5.78 Å². The number of phenols is 1. The fraction of sp³-hybridized carbons (Fsp3) is 0.344. The zero-order chi connectivity index (χ0) is 28.8. The number of likely N-dealkylation sites (tertiary alicyclic amines) is 1. The van der Waals surface area contributed by atoms with Crippen LogP contribution in [0, 0.1) is 0 Å². The van der Waals surface area contributed by atoms with Crippen LogP contribution in [0.15, 0.2) is 66.7 Å². The zero-order valence-electron chi connectivity index (χ0n) is 23.5. The molecule has 2 heterocycles. The molecule has 1 aromatic heterocycles. The van der Waals surface area contributed by atoms with Gasteiger partial charge in [0.05, 0.1) is 18.5 Å². The Kier molecular flexibility index (Phi) is 9.58. The number of aromatic hydroxyl groups is 1. The summed E-state index contributed by atoms with van der Waals surface area (Å²) in [5, 5.41) is 11.1. The van der Waals surface area contributed by atoms with Crippen LogP contribution in [0.5, 0.6) is 11.5 Å². The molecular formula is C32H36NO6PS. The highest BCUT2D eigenvalue weighted by Gasteiger charge is 2.29. The summed E-state index contributed by atoms with van der Waals surface area (Å²) in [5.41, 5.74) is 1.92. The minimum absolute atomic E-state index is 0.121. The summed E-state index contributed by atoms with van der Waals surface area (Å²) < 4.78 is 31.3. The normalized spacial score (nSPS) is 14.4. The molecule has 216 valence electrons. The van der Waals surface area contributed by atoms with E-state index >= 15 is 0 Å². The van der Waals surface area contributed by atoms with Crippen molar-refractivity contribution in [3.63, 3.8) is 0 Å². The predicted octanol–water partition coefficient (Wildman–Crippen LogP) is 7.26. The smallest absolute Gasteiger partial charge is 0.361 e. The first-order chi connectivity index (χ1) is 19.9. The first kappa shape index (κ1) is 29.5. The second kappa shape index (κ2) is 13.3. The number of ether oxygens (including phenoxy) is 1. The molecular weight excluding hydrogens is 557 g/mol.